The number of carbonyl (C=O) groups excluding carboxylic acids is 1. The minimum absolute atomic E-state index is 0.0475. The quantitative estimate of drug-likeness (QED) is 0.866. The number of hydrogen-bond acceptors (Lipinski definition) is 4. The molecular weight excluding hydrogens is 270 g/mol. The minimum Gasteiger partial charge on any atom is -0.445 e. The van der Waals surface area contributed by atoms with E-state index in [0.29, 0.717) is 13.1 Å². The van der Waals surface area contributed by atoms with Crippen LogP contribution in [0.25, 0.3) is 0 Å². The van der Waals surface area contributed by atoms with Crippen LogP contribution in [-0.2, 0) is 11.3 Å². The average Bonchev–Trinajstić information content (AvgIpc) is 2.55. The Balaban J connectivity index is 1.84. The van der Waals surface area contributed by atoms with Crippen molar-refractivity contribution in [1.29, 1.82) is 0 Å². The van der Waals surface area contributed by atoms with Gasteiger partial charge in [-0.25, -0.2) is 4.79 Å². The number of amides is 1. The predicted molar refractivity (Wildman–Crippen MR) is 78.6 cm³/mol. The van der Waals surface area contributed by atoms with E-state index in [9.17, 15) is 15.0 Å². The lowest BCUT2D eigenvalue weighted by Crippen LogP contribution is -2.43. The average molecular weight is 293 g/mol. The molecule has 1 aliphatic rings. The lowest BCUT2D eigenvalue weighted by molar-refractivity contribution is 0.0434. The highest BCUT2D eigenvalue weighted by Crippen LogP contribution is 2.24. The fourth-order valence-corrected chi connectivity index (χ4v) is 2.73. The first-order valence-corrected chi connectivity index (χ1v) is 7.42. The molecule has 1 atom stereocenters. The maximum Gasteiger partial charge on any atom is 0.410 e. The molecule has 2 N–H and O–H groups in total. The Morgan fingerprint density at radius 1 is 1.29 bits per heavy atom. The molecule has 2 rings (SSSR count). The van der Waals surface area contributed by atoms with Gasteiger partial charge in [0.05, 0.1) is 0 Å². The van der Waals surface area contributed by atoms with Crippen molar-refractivity contribution in [3.8, 4) is 0 Å². The molecule has 0 spiro atoms. The number of ether oxygens (including phenoxy) is 1. The Kier molecular flexibility index (Phi) is 6.02. The molecule has 1 amide bonds. The second kappa shape index (κ2) is 8.00. The molecule has 0 saturated carbocycles. The second-order valence-electron chi connectivity index (χ2n) is 5.51. The van der Waals surface area contributed by atoms with E-state index < -0.39 is 0 Å². The van der Waals surface area contributed by atoms with Gasteiger partial charge >= 0.3 is 6.09 Å². The summed E-state index contributed by atoms with van der Waals surface area (Å²) in [6, 6.07) is 9.57. The molecule has 0 aliphatic carbocycles. The van der Waals surface area contributed by atoms with Gasteiger partial charge in [-0.15, -0.1) is 0 Å². The van der Waals surface area contributed by atoms with Crippen LogP contribution in [0.1, 0.15) is 18.4 Å². The van der Waals surface area contributed by atoms with Gasteiger partial charge < -0.3 is 19.8 Å². The van der Waals surface area contributed by atoms with Crippen molar-refractivity contribution >= 4 is 6.09 Å². The Labute approximate surface area is 125 Å². The summed E-state index contributed by atoms with van der Waals surface area (Å²) in [5.74, 6) is -0.0206. The van der Waals surface area contributed by atoms with Crippen LogP contribution in [0.3, 0.4) is 0 Å². The summed E-state index contributed by atoms with van der Waals surface area (Å²) in [4.78, 5) is 13.8. The molecule has 1 fully saturated rings. The number of hydrogen-bond donors (Lipinski definition) is 2. The topological polar surface area (TPSA) is 70.0 Å². The molecule has 1 heterocycles. The zero-order valence-electron chi connectivity index (χ0n) is 12.1. The minimum atomic E-state index is -0.321. The van der Waals surface area contributed by atoms with Crippen molar-refractivity contribution in [2.75, 3.05) is 26.3 Å². The van der Waals surface area contributed by atoms with E-state index in [-0.39, 0.29) is 37.7 Å². The van der Waals surface area contributed by atoms with Gasteiger partial charge in [-0.2, -0.15) is 0 Å². The zero-order valence-corrected chi connectivity index (χ0v) is 12.1. The highest BCUT2D eigenvalue weighted by molar-refractivity contribution is 5.67. The number of carbonyl (C=O) groups is 1. The van der Waals surface area contributed by atoms with Gasteiger partial charge in [0, 0.05) is 32.2 Å². The molecule has 21 heavy (non-hydrogen) atoms. The number of benzene rings is 1. The summed E-state index contributed by atoms with van der Waals surface area (Å²) in [6.07, 6.45) is 1.48. The lowest BCUT2D eigenvalue weighted by atomic mass is 9.86. The number of aliphatic hydroxyl groups is 2. The first kappa shape index (κ1) is 15.8. The van der Waals surface area contributed by atoms with Gasteiger partial charge in [-0.3, -0.25) is 0 Å². The molecule has 1 aromatic rings. The summed E-state index contributed by atoms with van der Waals surface area (Å²) in [5, 5.41) is 18.5. The maximum absolute atomic E-state index is 12.1. The number of piperidine rings is 1. The lowest BCUT2D eigenvalue weighted by Gasteiger charge is -2.35. The molecule has 5 heteroatoms. The Hall–Kier alpha value is -1.59. The van der Waals surface area contributed by atoms with Gasteiger partial charge in [0.1, 0.15) is 6.61 Å². The van der Waals surface area contributed by atoms with Gasteiger partial charge in [0.2, 0.25) is 0 Å². The molecule has 1 aliphatic heterocycles. The van der Waals surface area contributed by atoms with Crippen LogP contribution in [0, 0.1) is 11.8 Å². The largest absolute Gasteiger partial charge is 0.445 e. The molecule has 5 nitrogen and oxygen atoms in total. The summed E-state index contributed by atoms with van der Waals surface area (Å²) in [7, 11) is 0. The van der Waals surface area contributed by atoms with E-state index in [4.69, 9.17) is 4.74 Å². The highest BCUT2D eigenvalue weighted by atomic mass is 16.6. The summed E-state index contributed by atoms with van der Waals surface area (Å²) >= 11 is 0. The van der Waals surface area contributed by atoms with Gasteiger partial charge in [-0.1, -0.05) is 30.3 Å². The maximum atomic E-state index is 12.1. The van der Waals surface area contributed by atoms with Gasteiger partial charge in [-0.05, 0) is 24.3 Å². The monoisotopic (exact) mass is 293 g/mol. The Morgan fingerprint density at radius 3 is 2.67 bits per heavy atom. The highest BCUT2D eigenvalue weighted by Gasteiger charge is 2.29. The van der Waals surface area contributed by atoms with E-state index in [1.54, 1.807) is 4.90 Å². The SMILES string of the molecule is O=C(OCc1ccccc1)N1CCCC(C(CO)CO)C1. The molecule has 1 saturated heterocycles. The molecule has 0 radical (unpaired) electrons. The third-order valence-electron chi connectivity index (χ3n) is 4.06. The number of likely N-dealkylation sites (tertiary alicyclic amines) is 1. The van der Waals surface area contributed by atoms with Crippen LogP contribution in [0.4, 0.5) is 4.79 Å². The fraction of sp³-hybridized carbons (Fsp3) is 0.562. The van der Waals surface area contributed by atoms with Crippen LogP contribution in [-0.4, -0.2) is 47.5 Å². The van der Waals surface area contributed by atoms with E-state index in [1.165, 1.54) is 0 Å². The van der Waals surface area contributed by atoms with E-state index >= 15 is 0 Å². The number of aliphatic hydroxyl groups excluding tert-OH is 2. The van der Waals surface area contributed by atoms with Crippen LogP contribution in [0.2, 0.25) is 0 Å². The van der Waals surface area contributed by atoms with Crippen molar-refractivity contribution in [2.45, 2.75) is 19.4 Å². The van der Waals surface area contributed by atoms with Gasteiger partial charge in [0.15, 0.2) is 0 Å². The molecule has 1 aromatic carbocycles. The second-order valence-corrected chi connectivity index (χ2v) is 5.51. The predicted octanol–water partition coefficient (Wildman–Crippen LogP) is 1.64. The molecule has 116 valence electrons. The van der Waals surface area contributed by atoms with Crippen LogP contribution in [0.15, 0.2) is 30.3 Å². The van der Waals surface area contributed by atoms with Crippen molar-refractivity contribution in [3.05, 3.63) is 35.9 Å². The van der Waals surface area contributed by atoms with Crippen molar-refractivity contribution < 1.29 is 19.7 Å². The van der Waals surface area contributed by atoms with E-state index in [2.05, 4.69) is 0 Å². The third kappa shape index (κ3) is 4.44. The number of nitrogens with zero attached hydrogens (tertiary/aromatic N) is 1. The zero-order chi connectivity index (χ0) is 15.1. The standard InChI is InChI=1S/C16H23NO4/c18-10-15(11-19)14-7-4-8-17(9-14)16(20)21-12-13-5-2-1-3-6-13/h1-3,5-6,14-15,18-19H,4,7-12H2. The van der Waals surface area contributed by atoms with Crippen molar-refractivity contribution in [1.82, 2.24) is 4.90 Å². The van der Waals surface area contributed by atoms with Crippen molar-refractivity contribution in [2.24, 2.45) is 11.8 Å². The summed E-state index contributed by atoms with van der Waals surface area (Å²) in [5.41, 5.74) is 0.961. The van der Waals surface area contributed by atoms with E-state index in [0.717, 1.165) is 18.4 Å². The first-order valence-electron chi connectivity index (χ1n) is 7.42. The fourth-order valence-electron chi connectivity index (χ4n) is 2.73. The van der Waals surface area contributed by atoms with Gasteiger partial charge in [0.25, 0.3) is 0 Å². The normalized spacial score (nSPS) is 18.8. The van der Waals surface area contributed by atoms with Crippen LogP contribution < -0.4 is 0 Å². The van der Waals surface area contributed by atoms with E-state index in [1.807, 2.05) is 30.3 Å². The smallest absolute Gasteiger partial charge is 0.410 e. The summed E-state index contributed by atoms with van der Waals surface area (Å²) in [6.45, 7) is 1.39. The molecular formula is C16H23NO4. The van der Waals surface area contributed by atoms with Crippen LogP contribution >= 0.6 is 0 Å². The van der Waals surface area contributed by atoms with Crippen LogP contribution in [0.5, 0.6) is 0 Å². The molecule has 0 bridgehead atoms. The third-order valence-corrected chi connectivity index (χ3v) is 4.06. The Bertz CT molecular complexity index is 433. The van der Waals surface area contributed by atoms with Crippen molar-refractivity contribution in [3.63, 3.8) is 0 Å². The summed E-state index contributed by atoms with van der Waals surface area (Å²) < 4.78 is 5.32. The number of rotatable bonds is 5. The first-order chi connectivity index (χ1) is 10.2. The molecule has 1 unspecified atom stereocenters. The molecule has 0 aromatic heterocycles. The Morgan fingerprint density at radius 2 is 2.00 bits per heavy atom.